The lowest BCUT2D eigenvalue weighted by molar-refractivity contribution is -0.136. The fraction of sp³-hybridized carbons (Fsp3) is 0.500. The normalized spacial score (nSPS) is 16.6. The van der Waals surface area contributed by atoms with Crippen LogP contribution in [0.15, 0.2) is 24.3 Å². The summed E-state index contributed by atoms with van der Waals surface area (Å²) in [5.41, 5.74) is 0.461. The van der Waals surface area contributed by atoms with Crippen molar-refractivity contribution in [3.63, 3.8) is 0 Å². The predicted octanol–water partition coefficient (Wildman–Crippen LogP) is 1.69. The lowest BCUT2D eigenvalue weighted by Crippen LogP contribution is -2.56. The summed E-state index contributed by atoms with van der Waals surface area (Å²) in [5.74, 6) is -1.26. The van der Waals surface area contributed by atoms with Gasteiger partial charge in [0, 0.05) is 19.8 Å². The van der Waals surface area contributed by atoms with Gasteiger partial charge in [0.25, 0.3) is 0 Å². The van der Waals surface area contributed by atoms with Gasteiger partial charge in [-0.2, -0.15) is 0 Å². The maximum atomic E-state index is 13.0. The molecule has 3 N–H and O–H groups in total. The van der Waals surface area contributed by atoms with Crippen molar-refractivity contribution in [3.05, 3.63) is 35.6 Å². The zero-order valence-electron chi connectivity index (χ0n) is 12.8. The number of nitrogens with one attached hydrogen (secondary N) is 2. The fourth-order valence-electron chi connectivity index (χ4n) is 2.67. The molecule has 0 radical (unpaired) electrons. The van der Waals surface area contributed by atoms with Crippen LogP contribution in [0.4, 0.5) is 9.18 Å². The van der Waals surface area contributed by atoms with E-state index in [9.17, 15) is 14.0 Å². The predicted molar refractivity (Wildman–Crippen MR) is 81.7 cm³/mol. The number of aliphatic carboxylic acids is 1. The SMILES string of the molecule is O=C(O)CCNC(=O)NC1(Cc2ccc(F)cc2)CCOCC1. The number of carbonyl (C=O) groups is 2. The minimum atomic E-state index is -0.961. The highest BCUT2D eigenvalue weighted by atomic mass is 19.1. The van der Waals surface area contributed by atoms with Crippen molar-refractivity contribution in [2.75, 3.05) is 19.8 Å². The number of ether oxygens (including phenoxy) is 1. The van der Waals surface area contributed by atoms with Crippen molar-refractivity contribution in [2.24, 2.45) is 0 Å². The summed E-state index contributed by atoms with van der Waals surface area (Å²) in [7, 11) is 0. The summed E-state index contributed by atoms with van der Waals surface area (Å²) < 4.78 is 18.4. The average Bonchev–Trinajstić information content (AvgIpc) is 2.50. The summed E-state index contributed by atoms with van der Waals surface area (Å²) in [5, 5.41) is 14.1. The second kappa shape index (κ2) is 7.92. The third-order valence-corrected chi connectivity index (χ3v) is 3.91. The fourth-order valence-corrected chi connectivity index (χ4v) is 2.67. The average molecular weight is 324 g/mol. The minimum absolute atomic E-state index is 0.0737. The molecular weight excluding hydrogens is 303 g/mol. The van der Waals surface area contributed by atoms with Gasteiger partial charge in [0.2, 0.25) is 0 Å². The van der Waals surface area contributed by atoms with Crippen molar-refractivity contribution >= 4 is 12.0 Å². The van der Waals surface area contributed by atoms with E-state index in [1.807, 2.05) is 0 Å². The van der Waals surface area contributed by atoms with Gasteiger partial charge in [-0.15, -0.1) is 0 Å². The molecule has 0 aliphatic carbocycles. The first-order valence-electron chi connectivity index (χ1n) is 7.59. The Hall–Kier alpha value is -2.15. The van der Waals surface area contributed by atoms with E-state index in [0.29, 0.717) is 32.5 Å². The molecule has 23 heavy (non-hydrogen) atoms. The van der Waals surface area contributed by atoms with E-state index >= 15 is 0 Å². The van der Waals surface area contributed by atoms with Crippen LogP contribution in [-0.4, -0.2) is 42.4 Å². The summed E-state index contributed by atoms with van der Waals surface area (Å²) in [4.78, 5) is 22.5. The zero-order chi connectivity index (χ0) is 16.7. The van der Waals surface area contributed by atoms with Crippen molar-refractivity contribution in [1.29, 1.82) is 0 Å². The van der Waals surface area contributed by atoms with Crippen molar-refractivity contribution in [2.45, 2.75) is 31.2 Å². The maximum absolute atomic E-state index is 13.0. The number of halogens is 1. The molecule has 0 atom stereocenters. The number of amides is 2. The number of hydrogen-bond acceptors (Lipinski definition) is 3. The summed E-state index contributed by atoms with van der Waals surface area (Å²) in [6.07, 6.45) is 1.75. The highest BCUT2D eigenvalue weighted by molar-refractivity contribution is 5.75. The highest BCUT2D eigenvalue weighted by Gasteiger charge is 2.34. The number of hydrogen-bond donors (Lipinski definition) is 3. The van der Waals surface area contributed by atoms with Crippen molar-refractivity contribution < 1.29 is 23.8 Å². The molecule has 0 saturated carbocycles. The van der Waals surface area contributed by atoms with Gasteiger partial charge in [0.05, 0.1) is 12.0 Å². The molecular formula is C16H21FN2O4. The largest absolute Gasteiger partial charge is 0.481 e. The standard InChI is InChI=1S/C16H21FN2O4/c17-13-3-1-12(2-4-13)11-16(6-9-23-10-7-16)19-15(22)18-8-5-14(20)21/h1-4H,5-11H2,(H,20,21)(H2,18,19,22). The van der Waals surface area contributed by atoms with Crippen LogP contribution >= 0.6 is 0 Å². The Bertz CT molecular complexity index is 542. The Morgan fingerprint density at radius 3 is 2.48 bits per heavy atom. The molecule has 126 valence electrons. The minimum Gasteiger partial charge on any atom is -0.481 e. The number of carboxylic acid groups (broad SMARTS) is 1. The van der Waals surface area contributed by atoms with Crippen LogP contribution in [0.2, 0.25) is 0 Å². The Kier molecular flexibility index (Phi) is 5.92. The van der Waals surface area contributed by atoms with Gasteiger partial charge in [-0.3, -0.25) is 4.79 Å². The van der Waals surface area contributed by atoms with Crippen LogP contribution in [-0.2, 0) is 16.0 Å². The molecule has 0 spiro atoms. The molecule has 1 aliphatic heterocycles. The second-order valence-electron chi connectivity index (χ2n) is 5.72. The molecule has 6 nitrogen and oxygen atoms in total. The van der Waals surface area contributed by atoms with Crippen LogP contribution in [0.3, 0.4) is 0 Å². The van der Waals surface area contributed by atoms with Gasteiger partial charge >= 0.3 is 12.0 Å². The molecule has 1 heterocycles. The first kappa shape index (κ1) is 17.2. The Labute approximate surface area is 134 Å². The van der Waals surface area contributed by atoms with Gasteiger partial charge in [-0.1, -0.05) is 12.1 Å². The number of urea groups is 1. The summed E-state index contributed by atoms with van der Waals surface area (Å²) in [6, 6.07) is 5.81. The monoisotopic (exact) mass is 324 g/mol. The van der Waals surface area contributed by atoms with Crippen LogP contribution < -0.4 is 10.6 Å². The highest BCUT2D eigenvalue weighted by Crippen LogP contribution is 2.25. The summed E-state index contributed by atoms with van der Waals surface area (Å²) in [6.45, 7) is 1.15. The van der Waals surface area contributed by atoms with E-state index in [1.54, 1.807) is 12.1 Å². The lowest BCUT2D eigenvalue weighted by Gasteiger charge is -2.38. The van der Waals surface area contributed by atoms with E-state index in [1.165, 1.54) is 12.1 Å². The number of rotatable bonds is 6. The smallest absolute Gasteiger partial charge is 0.315 e. The summed E-state index contributed by atoms with van der Waals surface area (Å²) >= 11 is 0. The Morgan fingerprint density at radius 2 is 1.87 bits per heavy atom. The number of carbonyl (C=O) groups excluding carboxylic acids is 1. The van der Waals surface area contributed by atoms with Gasteiger partial charge in [-0.05, 0) is 37.0 Å². The molecule has 2 rings (SSSR count). The van der Waals surface area contributed by atoms with E-state index in [2.05, 4.69) is 10.6 Å². The second-order valence-corrected chi connectivity index (χ2v) is 5.72. The van der Waals surface area contributed by atoms with Crippen LogP contribution in [0, 0.1) is 5.82 Å². The molecule has 1 aromatic rings. The lowest BCUT2D eigenvalue weighted by atomic mass is 9.83. The zero-order valence-corrected chi connectivity index (χ0v) is 12.8. The van der Waals surface area contributed by atoms with Gasteiger partial charge in [0.15, 0.2) is 0 Å². The van der Waals surface area contributed by atoms with Gasteiger partial charge in [-0.25, -0.2) is 9.18 Å². The quantitative estimate of drug-likeness (QED) is 0.743. The topological polar surface area (TPSA) is 87.7 Å². The molecule has 0 bridgehead atoms. The van der Waals surface area contributed by atoms with E-state index in [4.69, 9.17) is 9.84 Å². The van der Waals surface area contributed by atoms with Crippen LogP contribution in [0.25, 0.3) is 0 Å². The van der Waals surface area contributed by atoms with Crippen molar-refractivity contribution in [1.82, 2.24) is 10.6 Å². The van der Waals surface area contributed by atoms with E-state index < -0.39 is 17.5 Å². The molecule has 1 aliphatic rings. The molecule has 0 unspecified atom stereocenters. The number of benzene rings is 1. The molecule has 1 aromatic carbocycles. The third-order valence-electron chi connectivity index (χ3n) is 3.91. The first-order chi connectivity index (χ1) is 11.0. The van der Waals surface area contributed by atoms with E-state index in [0.717, 1.165) is 5.56 Å². The van der Waals surface area contributed by atoms with Crippen LogP contribution in [0.1, 0.15) is 24.8 Å². The van der Waals surface area contributed by atoms with Crippen molar-refractivity contribution in [3.8, 4) is 0 Å². The molecule has 0 aromatic heterocycles. The van der Waals surface area contributed by atoms with Gasteiger partial charge < -0.3 is 20.5 Å². The van der Waals surface area contributed by atoms with Gasteiger partial charge in [0.1, 0.15) is 5.82 Å². The molecule has 2 amide bonds. The third kappa shape index (κ3) is 5.52. The van der Waals surface area contributed by atoms with E-state index in [-0.39, 0.29) is 18.8 Å². The molecule has 1 fully saturated rings. The maximum Gasteiger partial charge on any atom is 0.315 e. The molecule has 1 saturated heterocycles. The first-order valence-corrected chi connectivity index (χ1v) is 7.59. The Morgan fingerprint density at radius 1 is 1.22 bits per heavy atom. The molecule has 7 heteroatoms. The van der Waals surface area contributed by atoms with Crippen LogP contribution in [0.5, 0.6) is 0 Å². The number of carboxylic acids is 1. The Balaban J connectivity index is 1.98.